The van der Waals surface area contributed by atoms with Gasteiger partial charge >= 0.3 is 0 Å². The summed E-state index contributed by atoms with van der Waals surface area (Å²) in [5, 5.41) is 2.87. The van der Waals surface area contributed by atoms with E-state index in [2.05, 4.69) is 5.32 Å². The molecule has 152 valence electrons. The number of hydrogen-bond donors (Lipinski definition) is 1. The van der Waals surface area contributed by atoms with E-state index < -0.39 is 5.92 Å². The van der Waals surface area contributed by atoms with Crippen LogP contribution < -0.4 is 10.2 Å². The zero-order valence-electron chi connectivity index (χ0n) is 17.4. The molecule has 2 aromatic rings. The smallest absolute Gasteiger partial charge is 0.243 e. The van der Waals surface area contributed by atoms with Gasteiger partial charge in [-0.3, -0.25) is 14.4 Å². The molecule has 1 unspecified atom stereocenters. The van der Waals surface area contributed by atoms with Gasteiger partial charge in [0.1, 0.15) is 0 Å². The predicted octanol–water partition coefficient (Wildman–Crippen LogP) is 3.06. The maximum atomic E-state index is 12.8. The molecule has 0 bridgehead atoms. The standard InChI is InChI=1S/C23H27N3O3/c1-15-8-10-19(11-9-15)26-13-18(12-22(26)28)23(29)25(4)14-21(27)24-20-7-5-6-16(2)17(20)3/h5-11,18H,12-14H2,1-4H3,(H,24,27). The molecule has 2 aromatic carbocycles. The summed E-state index contributed by atoms with van der Waals surface area (Å²) < 4.78 is 0. The molecule has 0 radical (unpaired) electrons. The zero-order valence-corrected chi connectivity index (χ0v) is 17.4. The number of nitrogens with zero attached hydrogens (tertiary/aromatic N) is 2. The summed E-state index contributed by atoms with van der Waals surface area (Å²) in [7, 11) is 1.60. The van der Waals surface area contributed by atoms with Crippen LogP contribution in [0, 0.1) is 26.7 Å². The Morgan fingerprint density at radius 1 is 1.10 bits per heavy atom. The highest BCUT2D eigenvalue weighted by Gasteiger charge is 2.36. The lowest BCUT2D eigenvalue weighted by Gasteiger charge is -2.21. The van der Waals surface area contributed by atoms with Gasteiger partial charge in [0.2, 0.25) is 17.7 Å². The van der Waals surface area contributed by atoms with Crippen molar-refractivity contribution in [3.63, 3.8) is 0 Å². The number of anilines is 2. The van der Waals surface area contributed by atoms with Crippen molar-refractivity contribution >= 4 is 29.1 Å². The summed E-state index contributed by atoms with van der Waals surface area (Å²) in [6, 6.07) is 13.4. The van der Waals surface area contributed by atoms with Gasteiger partial charge in [0.25, 0.3) is 0 Å². The van der Waals surface area contributed by atoms with Crippen LogP contribution in [0.2, 0.25) is 0 Å². The first-order valence-electron chi connectivity index (χ1n) is 9.74. The topological polar surface area (TPSA) is 69.7 Å². The van der Waals surface area contributed by atoms with Gasteiger partial charge in [0.05, 0.1) is 12.5 Å². The van der Waals surface area contributed by atoms with E-state index in [1.807, 2.05) is 63.2 Å². The normalized spacial score (nSPS) is 16.1. The van der Waals surface area contributed by atoms with Gasteiger partial charge in [0.15, 0.2) is 0 Å². The lowest BCUT2D eigenvalue weighted by molar-refractivity contribution is -0.137. The minimum atomic E-state index is -0.442. The summed E-state index contributed by atoms with van der Waals surface area (Å²) in [5.74, 6) is -0.957. The highest BCUT2D eigenvalue weighted by molar-refractivity contribution is 6.01. The molecule has 0 saturated carbocycles. The van der Waals surface area contributed by atoms with E-state index in [1.165, 1.54) is 4.90 Å². The zero-order chi connectivity index (χ0) is 21.1. The Morgan fingerprint density at radius 2 is 1.79 bits per heavy atom. The van der Waals surface area contributed by atoms with Crippen molar-refractivity contribution in [1.82, 2.24) is 4.90 Å². The lowest BCUT2D eigenvalue weighted by atomic mass is 10.1. The van der Waals surface area contributed by atoms with Crippen molar-refractivity contribution in [3.8, 4) is 0 Å². The van der Waals surface area contributed by atoms with Crippen LogP contribution in [0.4, 0.5) is 11.4 Å². The number of rotatable bonds is 5. The molecule has 1 aliphatic heterocycles. The third kappa shape index (κ3) is 4.65. The molecule has 0 spiro atoms. The highest BCUT2D eigenvalue weighted by atomic mass is 16.2. The Hall–Kier alpha value is -3.15. The molecule has 1 atom stereocenters. The second-order valence-corrected chi connectivity index (χ2v) is 7.73. The average molecular weight is 393 g/mol. The van der Waals surface area contributed by atoms with Gasteiger partial charge in [-0.05, 0) is 50.1 Å². The van der Waals surface area contributed by atoms with Crippen molar-refractivity contribution in [2.75, 3.05) is 30.4 Å². The summed E-state index contributed by atoms with van der Waals surface area (Å²) in [6.45, 7) is 6.20. The lowest BCUT2D eigenvalue weighted by Crippen LogP contribution is -2.39. The monoisotopic (exact) mass is 393 g/mol. The van der Waals surface area contributed by atoms with E-state index in [0.717, 1.165) is 28.1 Å². The van der Waals surface area contributed by atoms with E-state index in [0.29, 0.717) is 6.54 Å². The molecular formula is C23H27N3O3. The number of hydrogen-bond acceptors (Lipinski definition) is 3. The van der Waals surface area contributed by atoms with Gasteiger partial charge in [-0.2, -0.15) is 0 Å². The molecule has 3 amide bonds. The van der Waals surface area contributed by atoms with Crippen molar-refractivity contribution in [3.05, 3.63) is 59.2 Å². The molecule has 6 heteroatoms. The SMILES string of the molecule is Cc1ccc(N2CC(C(=O)N(C)CC(=O)Nc3cccc(C)c3C)CC2=O)cc1. The van der Waals surface area contributed by atoms with Crippen molar-refractivity contribution in [2.45, 2.75) is 27.2 Å². The maximum absolute atomic E-state index is 12.8. The molecule has 0 aromatic heterocycles. The number of likely N-dealkylation sites (N-methyl/N-ethyl adjacent to an activating group) is 1. The predicted molar refractivity (Wildman–Crippen MR) is 114 cm³/mol. The fraction of sp³-hybridized carbons (Fsp3) is 0.348. The van der Waals surface area contributed by atoms with Crippen LogP contribution in [-0.4, -0.2) is 42.8 Å². The van der Waals surface area contributed by atoms with Crippen LogP contribution in [0.15, 0.2) is 42.5 Å². The molecule has 0 aliphatic carbocycles. The Balaban J connectivity index is 1.60. The summed E-state index contributed by atoms with van der Waals surface area (Å²) in [6.07, 6.45) is 0.162. The summed E-state index contributed by atoms with van der Waals surface area (Å²) in [4.78, 5) is 40.7. The van der Waals surface area contributed by atoms with Crippen molar-refractivity contribution in [2.24, 2.45) is 5.92 Å². The first-order valence-corrected chi connectivity index (χ1v) is 9.74. The van der Waals surface area contributed by atoms with E-state index in [4.69, 9.17) is 0 Å². The first kappa shape index (κ1) is 20.6. The van der Waals surface area contributed by atoms with Crippen LogP contribution in [0.1, 0.15) is 23.1 Å². The Kier molecular flexibility index (Phi) is 6.01. The fourth-order valence-electron chi connectivity index (χ4n) is 3.53. The molecule has 1 fully saturated rings. The van der Waals surface area contributed by atoms with Crippen LogP contribution in [0.25, 0.3) is 0 Å². The molecule has 1 aliphatic rings. The average Bonchev–Trinajstić information content (AvgIpc) is 3.07. The van der Waals surface area contributed by atoms with Crippen LogP contribution in [-0.2, 0) is 14.4 Å². The summed E-state index contributed by atoms with van der Waals surface area (Å²) in [5.41, 5.74) is 4.75. The second kappa shape index (κ2) is 8.47. The van der Waals surface area contributed by atoms with E-state index >= 15 is 0 Å². The van der Waals surface area contributed by atoms with Gasteiger partial charge < -0.3 is 15.1 Å². The van der Waals surface area contributed by atoms with Crippen molar-refractivity contribution in [1.29, 1.82) is 0 Å². The minimum Gasteiger partial charge on any atom is -0.336 e. The third-order valence-electron chi connectivity index (χ3n) is 5.46. The number of carbonyl (C=O) groups is 3. The molecule has 1 saturated heterocycles. The fourth-order valence-corrected chi connectivity index (χ4v) is 3.53. The molecule has 29 heavy (non-hydrogen) atoms. The number of nitrogens with one attached hydrogen (secondary N) is 1. The Labute approximate surface area is 171 Å². The van der Waals surface area contributed by atoms with Crippen LogP contribution in [0.5, 0.6) is 0 Å². The van der Waals surface area contributed by atoms with Crippen LogP contribution >= 0.6 is 0 Å². The second-order valence-electron chi connectivity index (χ2n) is 7.73. The van der Waals surface area contributed by atoms with Gasteiger partial charge in [-0.15, -0.1) is 0 Å². The third-order valence-corrected chi connectivity index (χ3v) is 5.46. The molecule has 1 N–H and O–H groups in total. The Bertz CT molecular complexity index is 937. The van der Waals surface area contributed by atoms with Crippen LogP contribution in [0.3, 0.4) is 0 Å². The Morgan fingerprint density at radius 3 is 2.48 bits per heavy atom. The van der Waals surface area contributed by atoms with Gasteiger partial charge in [-0.1, -0.05) is 29.8 Å². The minimum absolute atomic E-state index is 0.0541. The largest absolute Gasteiger partial charge is 0.336 e. The van der Waals surface area contributed by atoms with E-state index in [9.17, 15) is 14.4 Å². The number of aryl methyl sites for hydroxylation is 2. The van der Waals surface area contributed by atoms with Crippen molar-refractivity contribution < 1.29 is 14.4 Å². The van der Waals surface area contributed by atoms with Gasteiger partial charge in [0, 0.05) is 31.4 Å². The molecule has 6 nitrogen and oxygen atoms in total. The number of amides is 3. The van der Waals surface area contributed by atoms with E-state index in [1.54, 1.807) is 11.9 Å². The quantitative estimate of drug-likeness (QED) is 0.849. The number of benzene rings is 2. The summed E-state index contributed by atoms with van der Waals surface area (Å²) >= 11 is 0. The number of carbonyl (C=O) groups excluding carboxylic acids is 3. The highest BCUT2D eigenvalue weighted by Crippen LogP contribution is 2.26. The molecule has 1 heterocycles. The molecule has 3 rings (SSSR count). The first-order chi connectivity index (χ1) is 13.8. The maximum Gasteiger partial charge on any atom is 0.243 e. The van der Waals surface area contributed by atoms with E-state index in [-0.39, 0.29) is 30.7 Å². The molecular weight excluding hydrogens is 366 g/mol. The van der Waals surface area contributed by atoms with Gasteiger partial charge in [-0.25, -0.2) is 0 Å².